The minimum atomic E-state index is -4.72. The van der Waals surface area contributed by atoms with Crippen molar-refractivity contribution in [1.29, 1.82) is 0 Å². The number of alkyl halides is 3. The van der Waals surface area contributed by atoms with Gasteiger partial charge in [0.1, 0.15) is 23.5 Å². The van der Waals surface area contributed by atoms with Gasteiger partial charge in [0.2, 0.25) is 5.91 Å². The molecule has 13 heteroatoms. The molecule has 0 spiro atoms. The van der Waals surface area contributed by atoms with Gasteiger partial charge in [-0.25, -0.2) is 13.2 Å². The first-order valence-electron chi connectivity index (χ1n) is 13.8. The molecule has 0 unspecified atom stereocenters. The lowest BCUT2D eigenvalue weighted by Gasteiger charge is -2.25. The van der Waals surface area contributed by atoms with Gasteiger partial charge in [-0.2, -0.15) is 18.3 Å². The Bertz CT molecular complexity index is 1620. The van der Waals surface area contributed by atoms with E-state index in [4.69, 9.17) is 0 Å². The maximum Gasteiger partial charge on any atom is 0.435 e. The number of pyridine rings is 1. The first kappa shape index (κ1) is 32.2. The molecule has 4 rings (SSSR count). The van der Waals surface area contributed by atoms with Crippen LogP contribution in [0.15, 0.2) is 67.0 Å². The molecule has 2 N–H and O–H groups in total. The summed E-state index contributed by atoms with van der Waals surface area (Å²) in [4.78, 5) is 30.5. The van der Waals surface area contributed by atoms with E-state index in [0.29, 0.717) is 30.0 Å². The third-order valence-electron chi connectivity index (χ3n) is 6.95. The van der Waals surface area contributed by atoms with Crippen molar-refractivity contribution in [1.82, 2.24) is 25.4 Å². The van der Waals surface area contributed by atoms with E-state index in [1.165, 1.54) is 25.4 Å². The van der Waals surface area contributed by atoms with E-state index in [2.05, 4.69) is 20.7 Å². The quantitative estimate of drug-likeness (QED) is 0.186. The van der Waals surface area contributed by atoms with Crippen LogP contribution in [0.25, 0.3) is 11.1 Å². The fourth-order valence-corrected chi connectivity index (χ4v) is 4.83. The van der Waals surface area contributed by atoms with Crippen LogP contribution in [0.5, 0.6) is 0 Å². The molecule has 2 atom stereocenters. The van der Waals surface area contributed by atoms with Gasteiger partial charge in [-0.15, -0.1) is 0 Å². The lowest BCUT2D eigenvalue weighted by Crippen LogP contribution is -2.37. The molecule has 0 bridgehead atoms. The van der Waals surface area contributed by atoms with Crippen molar-refractivity contribution >= 4 is 11.8 Å². The number of hydrogen-bond donors (Lipinski definition) is 2. The Labute approximate surface area is 249 Å². The predicted octanol–water partition coefficient (Wildman–Crippen LogP) is 6.57. The van der Waals surface area contributed by atoms with Crippen molar-refractivity contribution in [3.05, 3.63) is 107 Å². The highest BCUT2D eigenvalue weighted by Crippen LogP contribution is 2.32. The Balaban J connectivity index is 1.79. The van der Waals surface area contributed by atoms with Crippen molar-refractivity contribution in [2.75, 3.05) is 7.05 Å². The Kier molecular flexibility index (Phi) is 10.1. The number of amides is 2. The molecule has 2 aromatic heterocycles. The Morgan fingerprint density at radius 1 is 1.00 bits per heavy atom. The minimum Gasteiger partial charge on any atom is -0.355 e. The van der Waals surface area contributed by atoms with Crippen LogP contribution in [0.3, 0.4) is 0 Å². The van der Waals surface area contributed by atoms with Crippen LogP contribution in [0, 0.1) is 17.5 Å². The topological polar surface area (TPSA) is 88.9 Å². The number of nitrogens with zero attached hydrogens (tertiary/aromatic N) is 3. The van der Waals surface area contributed by atoms with Gasteiger partial charge < -0.3 is 10.6 Å². The molecule has 2 aromatic carbocycles. The minimum absolute atomic E-state index is 0.158. The highest BCUT2D eigenvalue weighted by molar-refractivity contribution is 5.95. The van der Waals surface area contributed by atoms with Crippen LogP contribution in [0.4, 0.5) is 26.3 Å². The summed E-state index contributed by atoms with van der Waals surface area (Å²) in [6, 6.07) is 8.45. The third-order valence-corrected chi connectivity index (χ3v) is 6.95. The molecule has 0 aliphatic carbocycles. The normalized spacial score (nSPS) is 12.9. The first-order chi connectivity index (χ1) is 20.9. The molecular weight excluding hydrogens is 588 g/mol. The lowest BCUT2D eigenvalue weighted by molar-refractivity contribution is -0.142. The zero-order valence-electron chi connectivity index (χ0n) is 23.8. The summed E-state index contributed by atoms with van der Waals surface area (Å²) in [5.41, 5.74) is -0.283. The maximum atomic E-state index is 14.5. The van der Waals surface area contributed by atoms with E-state index in [1.807, 2.05) is 6.92 Å². The number of halogens is 6. The van der Waals surface area contributed by atoms with Crippen LogP contribution in [0.1, 0.15) is 65.6 Å². The average molecular weight is 618 g/mol. The highest BCUT2D eigenvalue weighted by atomic mass is 19.4. The summed E-state index contributed by atoms with van der Waals surface area (Å²) in [6.45, 7) is 1.86. The number of nitrogens with one attached hydrogen (secondary N) is 2. The van der Waals surface area contributed by atoms with Gasteiger partial charge >= 0.3 is 6.18 Å². The second-order valence-electron chi connectivity index (χ2n) is 10.1. The largest absolute Gasteiger partial charge is 0.435 e. The van der Waals surface area contributed by atoms with Crippen molar-refractivity contribution in [3.8, 4) is 11.1 Å². The smallest absolute Gasteiger partial charge is 0.355 e. The molecule has 0 fully saturated rings. The molecule has 2 heterocycles. The Hall–Kier alpha value is -4.68. The Morgan fingerprint density at radius 3 is 2.36 bits per heavy atom. The Morgan fingerprint density at radius 2 is 1.73 bits per heavy atom. The highest BCUT2D eigenvalue weighted by Gasteiger charge is 2.35. The molecule has 7 nitrogen and oxygen atoms in total. The molecule has 44 heavy (non-hydrogen) atoms. The number of rotatable bonds is 11. The zero-order valence-corrected chi connectivity index (χ0v) is 23.8. The second-order valence-corrected chi connectivity index (χ2v) is 10.1. The summed E-state index contributed by atoms with van der Waals surface area (Å²) in [5, 5.41) is 8.76. The number of hydrogen-bond acceptors (Lipinski definition) is 4. The molecule has 0 aliphatic heterocycles. The molecule has 2 amide bonds. The number of carbonyl (C=O) groups is 2. The predicted molar refractivity (Wildman–Crippen MR) is 150 cm³/mol. The second kappa shape index (κ2) is 13.7. The van der Waals surface area contributed by atoms with Crippen LogP contribution in [-0.4, -0.2) is 33.6 Å². The molecule has 0 radical (unpaired) electrons. The van der Waals surface area contributed by atoms with Gasteiger partial charge in [0.15, 0.2) is 5.69 Å². The van der Waals surface area contributed by atoms with E-state index >= 15 is 0 Å². The summed E-state index contributed by atoms with van der Waals surface area (Å²) in [5.74, 6) is -3.84. The van der Waals surface area contributed by atoms with Crippen molar-refractivity contribution in [2.45, 2.75) is 50.9 Å². The summed E-state index contributed by atoms with van der Waals surface area (Å²) in [7, 11) is 1.35. The van der Waals surface area contributed by atoms with Crippen molar-refractivity contribution < 1.29 is 35.9 Å². The van der Waals surface area contributed by atoms with Gasteiger partial charge in [0.05, 0.1) is 17.3 Å². The molecular formula is C31H29F6N5O2. The zero-order chi connectivity index (χ0) is 32.0. The monoisotopic (exact) mass is 617 g/mol. The molecule has 0 aliphatic rings. The van der Waals surface area contributed by atoms with Gasteiger partial charge in [-0.3, -0.25) is 19.3 Å². The van der Waals surface area contributed by atoms with Crippen LogP contribution in [0.2, 0.25) is 0 Å². The van der Waals surface area contributed by atoms with Crippen LogP contribution in [-0.2, 0) is 17.4 Å². The van der Waals surface area contributed by atoms with E-state index < -0.39 is 53.2 Å². The van der Waals surface area contributed by atoms with Gasteiger partial charge in [0, 0.05) is 31.1 Å². The SMILES string of the molecule is CCCC[C@H](C(=O)N[C@@H](Cc1cc(F)cc(F)c1)c1ncccc1-c1ccc(F)c(C(=O)NC)c1)n1ccc(C(F)(F)F)n1. The third kappa shape index (κ3) is 7.63. The molecule has 0 saturated heterocycles. The fourth-order valence-electron chi connectivity index (χ4n) is 4.83. The van der Waals surface area contributed by atoms with Gasteiger partial charge in [0.25, 0.3) is 5.91 Å². The van der Waals surface area contributed by atoms with E-state index in [1.54, 1.807) is 12.1 Å². The fraction of sp³-hybridized carbons (Fsp3) is 0.290. The summed E-state index contributed by atoms with van der Waals surface area (Å²) in [6.07, 6.45) is -1.09. The van der Waals surface area contributed by atoms with Crippen molar-refractivity contribution in [3.63, 3.8) is 0 Å². The summed E-state index contributed by atoms with van der Waals surface area (Å²) >= 11 is 0. The van der Waals surface area contributed by atoms with E-state index in [-0.39, 0.29) is 29.7 Å². The molecule has 232 valence electrons. The number of unbranched alkanes of at least 4 members (excludes halogenated alkanes) is 1. The molecule has 4 aromatic rings. The van der Waals surface area contributed by atoms with Gasteiger partial charge in [-0.1, -0.05) is 31.9 Å². The number of carbonyl (C=O) groups excluding carboxylic acids is 2. The standard InChI is InChI=1S/C31H29F6N5O2/c1-3-4-7-26(42-12-10-27(41-42)31(35,36)37)30(44)40-25(15-18-13-20(32)17-21(33)14-18)28-22(6-5-11-39-28)19-8-9-24(34)23(16-19)29(43)38-2/h5-6,8-14,16-17,25-26H,3-4,7,15H2,1-2H3,(H,38,43)(H,40,44)/t25-,26+/m0/s1. The molecule has 0 saturated carbocycles. The maximum absolute atomic E-state index is 14.5. The lowest BCUT2D eigenvalue weighted by atomic mass is 9.94. The van der Waals surface area contributed by atoms with Crippen LogP contribution >= 0.6 is 0 Å². The first-order valence-corrected chi connectivity index (χ1v) is 13.8. The van der Waals surface area contributed by atoms with Crippen LogP contribution < -0.4 is 10.6 Å². The number of aromatic nitrogens is 3. The summed E-state index contributed by atoms with van der Waals surface area (Å²) < 4.78 is 83.6. The van der Waals surface area contributed by atoms with Gasteiger partial charge in [-0.05, 0) is 60.4 Å². The van der Waals surface area contributed by atoms with E-state index in [9.17, 15) is 35.9 Å². The van der Waals surface area contributed by atoms with Crippen molar-refractivity contribution in [2.24, 2.45) is 0 Å². The average Bonchev–Trinajstić information content (AvgIpc) is 3.47. The number of benzene rings is 2. The van der Waals surface area contributed by atoms with E-state index in [0.717, 1.165) is 35.1 Å².